The fourth-order valence-electron chi connectivity index (χ4n) is 13.3. The number of aromatic nitrogens is 3. The fourth-order valence-corrected chi connectivity index (χ4v) is 13.3. The third-order valence-corrected chi connectivity index (χ3v) is 20.0. The van der Waals surface area contributed by atoms with E-state index in [0.717, 1.165) is 52.2 Å². The van der Waals surface area contributed by atoms with Crippen molar-refractivity contribution < 1.29 is 43.9 Å². The summed E-state index contributed by atoms with van der Waals surface area (Å²) < 4.78 is 18.8. The number of unbranched alkanes of at least 4 members (excludes halogenated alkanes) is 30. The maximum Gasteiger partial charge on any atom is 0.340 e. The topological polar surface area (TPSA) is 354 Å². The predicted molar refractivity (Wildman–Crippen MR) is 425 cm³/mol. The zero-order chi connectivity index (χ0) is 79.4. The average molecular weight is 1510 g/mol. The summed E-state index contributed by atoms with van der Waals surface area (Å²) in [5, 5.41) is 92.8. The number of pyridine rings is 3. The number of hydrogen-bond donors (Lipinski definition) is 3. The van der Waals surface area contributed by atoms with Crippen molar-refractivity contribution in [3.63, 3.8) is 0 Å². The van der Waals surface area contributed by atoms with E-state index >= 15 is 0 Å². The lowest BCUT2D eigenvalue weighted by molar-refractivity contribution is 0.0489. The minimum absolute atomic E-state index is 0.0284. The lowest BCUT2D eigenvalue weighted by Crippen LogP contribution is -2.38. The lowest BCUT2D eigenvalue weighted by Gasteiger charge is -2.25. The van der Waals surface area contributed by atoms with Crippen LogP contribution in [0.3, 0.4) is 0 Å². The molecule has 0 atom stereocenters. The molecule has 3 aromatic heterocycles. The summed E-state index contributed by atoms with van der Waals surface area (Å²) in [5.41, 5.74) is -4.59. The summed E-state index contributed by atoms with van der Waals surface area (Å²) in [6.45, 7) is 6.97. The van der Waals surface area contributed by atoms with Crippen LogP contribution in [0, 0.1) is 54.8 Å². The van der Waals surface area contributed by atoms with Crippen molar-refractivity contribution in [2.45, 2.75) is 260 Å². The number of nitrogens with zero attached hydrogens (tertiary/aromatic N) is 13. The standard InChI is InChI=1S/C85H113N13O12/c1-7-9-11-13-15-17-19-21-23-25-27-29-31-33-35-43-57-109-84(106)66-46-38-41-49-72(66)90-93-75-63(4)69(60-87)78(100)97(81(75)103)55-52-95(51-54-96-77(99)68(59-86)62(3)74(80(96)102)92-89-71-48-40-37-45-65(71)83(105)108-6)53-56-98-79(101)70(61-88)64(5)76(82(98)104)94-91-73-50-42-39-47-67(73)85(107)110-58-44-36-34-32-30-28-26-24-22-20-18-16-14-12-10-8-2/h37-42,45-50,102-104H,7-36,43-44,51-58H2,1-6H3/b92-89+,93-90+,94-91+. The summed E-state index contributed by atoms with van der Waals surface area (Å²) in [6.07, 6.45) is 38.5. The molecule has 0 spiro atoms. The zero-order valence-corrected chi connectivity index (χ0v) is 65.5. The van der Waals surface area contributed by atoms with E-state index < -0.39 is 88.6 Å². The summed E-state index contributed by atoms with van der Waals surface area (Å²) >= 11 is 0. The molecule has 3 aromatic carbocycles. The largest absolute Gasteiger partial charge is 0.493 e. The quantitative estimate of drug-likeness (QED) is 0.0138. The first-order valence-electron chi connectivity index (χ1n) is 39.7. The number of carbonyl (C=O) groups excluding carboxylic acids is 3. The van der Waals surface area contributed by atoms with E-state index in [0.29, 0.717) is 12.8 Å². The van der Waals surface area contributed by atoms with Crippen LogP contribution in [0.4, 0.5) is 34.1 Å². The van der Waals surface area contributed by atoms with E-state index in [1.807, 2.05) is 18.2 Å². The minimum atomic E-state index is -0.936. The Labute approximate surface area is 647 Å². The van der Waals surface area contributed by atoms with Gasteiger partial charge < -0.3 is 29.5 Å². The molecule has 6 rings (SSSR count). The van der Waals surface area contributed by atoms with E-state index in [2.05, 4.69) is 44.5 Å². The van der Waals surface area contributed by atoms with E-state index in [-0.39, 0.29) is 100 Å². The molecule has 3 heterocycles. The van der Waals surface area contributed by atoms with E-state index in [1.165, 1.54) is 218 Å². The van der Waals surface area contributed by atoms with Crippen LogP contribution in [0.25, 0.3) is 0 Å². The van der Waals surface area contributed by atoms with Gasteiger partial charge >= 0.3 is 17.9 Å². The number of ether oxygens (including phenoxy) is 3. The molecule has 0 aliphatic carbocycles. The predicted octanol–water partition coefficient (Wildman–Crippen LogP) is 20.4. The number of methoxy groups -OCH3 is 1. The second kappa shape index (κ2) is 49.6. The molecule has 0 aliphatic rings. The maximum atomic E-state index is 14.3. The van der Waals surface area contributed by atoms with Crippen molar-refractivity contribution in [1.29, 1.82) is 15.8 Å². The molecular formula is C85H113N13O12. The Morgan fingerprint density at radius 1 is 0.373 bits per heavy atom. The van der Waals surface area contributed by atoms with Crippen molar-refractivity contribution in [3.05, 3.63) is 154 Å². The average Bonchev–Trinajstić information content (AvgIpc) is 0.794. The van der Waals surface area contributed by atoms with Gasteiger partial charge in [-0.2, -0.15) is 15.8 Å². The Kier molecular flexibility index (Phi) is 39.9. The van der Waals surface area contributed by atoms with Crippen molar-refractivity contribution in [2.75, 3.05) is 40.0 Å². The van der Waals surface area contributed by atoms with Gasteiger partial charge in [0.15, 0.2) is 17.1 Å². The van der Waals surface area contributed by atoms with Gasteiger partial charge in [-0.05, 0) is 70.0 Å². The summed E-state index contributed by atoms with van der Waals surface area (Å²) in [4.78, 5) is 84.0. The SMILES string of the molecule is CCCCCCCCCCCCCCCCCCOC(=O)c1ccccc1/N=N/c1c(C)c(C#N)c(=O)n(CCN(CCn2c(O)c(/N=N/c3ccccc3C(=O)OC)c(C)c(C#N)c2=O)CCn2c(O)c(/N=N/c3ccccc3C(=O)OCCCCCCCCCCCCCCCCCC)c(C)c(C#N)c2=O)c1O. The van der Waals surface area contributed by atoms with Crippen molar-refractivity contribution in [3.8, 4) is 35.8 Å². The highest BCUT2D eigenvalue weighted by Crippen LogP contribution is 2.37. The number of benzene rings is 3. The number of rotatable bonds is 52. The smallest absolute Gasteiger partial charge is 0.340 e. The van der Waals surface area contributed by atoms with Crippen LogP contribution >= 0.6 is 0 Å². The Hall–Kier alpha value is -10.5. The van der Waals surface area contributed by atoms with Gasteiger partial charge in [-0.1, -0.05) is 243 Å². The van der Waals surface area contributed by atoms with Gasteiger partial charge in [0, 0.05) is 56.0 Å². The number of hydrogen-bond acceptors (Lipinski definition) is 22. The molecule has 0 saturated carbocycles. The second-order valence-electron chi connectivity index (χ2n) is 28.1. The number of azo groups is 3. The van der Waals surface area contributed by atoms with E-state index in [1.54, 1.807) is 41.3 Å². The second-order valence-corrected chi connectivity index (χ2v) is 28.1. The molecule has 110 heavy (non-hydrogen) atoms. The molecule has 590 valence electrons. The minimum Gasteiger partial charge on any atom is -0.493 e. The number of aromatic hydroxyl groups is 3. The van der Waals surface area contributed by atoms with Gasteiger partial charge in [0.25, 0.3) is 16.7 Å². The highest BCUT2D eigenvalue weighted by Gasteiger charge is 2.26. The highest BCUT2D eigenvalue weighted by molar-refractivity contribution is 5.96. The van der Waals surface area contributed by atoms with Crippen LogP contribution < -0.4 is 16.7 Å². The number of esters is 3. The van der Waals surface area contributed by atoms with Crippen molar-refractivity contribution in [1.82, 2.24) is 18.6 Å². The molecule has 3 N–H and O–H groups in total. The van der Waals surface area contributed by atoms with Gasteiger partial charge in [-0.25, -0.2) is 14.4 Å². The Bertz CT molecular complexity index is 4190. The molecule has 25 heteroatoms. The summed E-state index contributed by atoms with van der Waals surface area (Å²) in [5.74, 6) is -4.19. The molecule has 0 amide bonds. The third kappa shape index (κ3) is 27.3. The van der Waals surface area contributed by atoms with Crippen LogP contribution in [0.5, 0.6) is 17.6 Å². The monoisotopic (exact) mass is 1510 g/mol. The first-order chi connectivity index (χ1) is 53.5. The van der Waals surface area contributed by atoms with Crippen LogP contribution in [0.15, 0.2) is 118 Å². The Morgan fingerprint density at radius 3 is 0.855 bits per heavy atom. The van der Waals surface area contributed by atoms with Crippen LogP contribution in [0.2, 0.25) is 0 Å². The molecular weight excluding hydrogens is 1400 g/mol. The third-order valence-electron chi connectivity index (χ3n) is 20.0. The highest BCUT2D eigenvalue weighted by atomic mass is 16.5. The normalized spacial score (nSPS) is 11.5. The van der Waals surface area contributed by atoms with Crippen LogP contribution in [-0.4, -0.2) is 91.8 Å². The van der Waals surface area contributed by atoms with Gasteiger partial charge in [0.05, 0.1) is 37.0 Å². The first-order valence-corrected chi connectivity index (χ1v) is 39.7. The first kappa shape index (κ1) is 88.5. The number of carbonyl (C=O) groups is 3. The van der Waals surface area contributed by atoms with E-state index in [9.17, 15) is 59.9 Å². The van der Waals surface area contributed by atoms with E-state index in [4.69, 9.17) is 14.2 Å². The van der Waals surface area contributed by atoms with Crippen molar-refractivity contribution >= 4 is 52.0 Å². The molecule has 0 saturated heterocycles. The van der Waals surface area contributed by atoms with Crippen LogP contribution in [0.1, 0.15) is 284 Å². The molecule has 0 unspecified atom stereocenters. The molecule has 25 nitrogen and oxygen atoms in total. The summed E-state index contributed by atoms with van der Waals surface area (Å²) in [7, 11) is 1.19. The summed E-state index contributed by atoms with van der Waals surface area (Å²) in [6, 6.07) is 24.4. The maximum absolute atomic E-state index is 14.3. The molecule has 0 fully saturated rings. The van der Waals surface area contributed by atoms with Gasteiger partial charge in [-0.15, -0.1) is 30.7 Å². The number of nitriles is 3. The Morgan fingerprint density at radius 2 is 0.609 bits per heavy atom. The van der Waals surface area contributed by atoms with Crippen molar-refractivity contribution in [2.24, 2.45) is 30.7 Å². The molecule has 0 bridgehead atoms. The lowest BCUT2D eigenvalue weighted by atomic mass is 10.0. The Balaban J connectivity index is 1.20. The zero-order valence-electron chi connectivity index (χ0n) is 65.5. The van der Waals surface area contributed by atoms with Crippen LogP contribution in [-0.2, 0) is 33.8 Å². The molecule has 0 aliphatic heterocycles. The fraction of sp³-hybridized carbons (Fsp3) is 0.541. The van der Waals surface area contributed by atoms with Gasteiger partial charge in [0.2, 0.25) is 17.6 Å². The molecule has 6 aromatic rings. The van der Waals surface area contributed by atoms with Gasteiger partial charge in [-0.3, -0.25) is 33.0 Å². The van der Waals surface area contributed by atoms with Gasteiger partial charge in [0.1, 0.15) is 52.0 Å². The molecule has 0 radical (unpaired) electrons.